The van der Waals surface area contributed by atoms with E-state index in [0.29, 0.717) is 0 Å². The molecule has 135 valence electrons. The van der Waals surface area contributed by atoms with Crippen LogP contribution in [-0.4, -0.2) is 20.9 Å². The van der Waals surface area contributed by atoms with Gasteiger partial charge in [0.2, 0.25) is 0 Å². The fraction of sp³-hybridized carbons (Fsp3) is 0.0952. The molecule has 0 amide bonds. The zero-order valence-electron chi connectivity index (χ0n) is 14.5. The number of hydrogen-bond donors (Lipinski definition) is 1. The van der Waals surface area contributed by atoms with E-state index in [0.717, 1.165) is 22.5 Å². The van der Waals surface area contributed by atoms with Crippen molar-refractivity contribution in [2.75, 3.05) is 0 Å². The van der Waals surface area contributed by atoms with Crippen molar-refractivity contribution in [1.82, 2.24) is 9.97 Å². The van der Waals surface area contributed by atoms with Crippen molar-refractivity contribution in [2.45, 2.75) is 13.8 Å². The maximum Gasteiger partial charge on any atom is 0.155 e. The van der Waals surface area contributed by atoms with Crippen LogP contribution < -0.4 is 0 Å². The van der Waals surface area contributed by atoms with E-state index >= 15 is 0 Å². The Morgan fingerprint density at radius 1 is 0.962 bits per heavy atom. The normalized spacial score (nSPS) is 10.2. The van der Waals surface area contributed by atoms with Crippen LogP contribution >= 0.6 is 0 Å². The first-order valence-electron chi connectivity index (χ1n) is 7.79. The van der Waals surface area contributed by atoms with Crippen molar-refractivity contribution in [1.29, 1.82) is 0 Å². The van der Waals surface area contributed by atoms with Gasteiger partial charge in [-0.3, -0.25) is 9.78 Å². The van der Waals surface area contributed by atoms with E-state index in [9.17, 15) is 4.79 Å². The average Bonchev–Trinajstić information content (AvgIpc) is 2.63. The van der Waals surface area contributed by atoms with Crippen molar-refractivity contribution in [3.63, 3.8) is 0 Å². The van der Waals surface area contributed by atoms with Crippen LogP contribution in [0, 0.1) is 6.07 Å². The van der Waals surface area contributed by atoms with Crippen molar-refractivity contribution in [2.24, 2.45) is 0 Å². The molecule has 0 aliphatic rings. The predicted molar refractivity (Wildman–Crippen MR) is 98.8 cm³/mol. The number of nitrogens with zero attached hydrogens (tertiary/aromatic N) is 2. The van der Waals surface area contributed by atoms with Crippen molar-refractivity contribution in [3.05, 3.63) is 84.9 Å². The molecule has 2 aromatic carbocycles. The van der Waals surface area contributed by atoms with Crippen LogP contribution in [-0.2, 0) is 24.9 Å². The molecule has 0 atom stereocenters. The number of allylic oxidation sites excluding steroid dienone is 2. The summed E-state index contributed by atoms with van der Waals surface area (Å²) in [5.41, 5.74) is 3.78. The molecule has 0 unspecified atom stereocenters. The molecule has 0 fully saturated rings. The summed E-state index contributed by atoms with van der Waals surface area (Å²) < 4.78 is 0. The van der Waals surface area contributed by atoms with Crippen LogP contribution in [0.15, 0.2) is 78.8 Å². The Labute approximate surface area is 167 Å². The molecular weight excluding hydrogens is 504 g/mol. The van der Waals surface area contributed by atoms with Crippen LogP contribution in [0.5, 0.6) is 0 Å². The fourth-order valence-corrected chi connectivity index (χ4v) is 2.18. The molecule has 4 nitrogen and oxygen atoms in total. The van der Waals surface area contributed by atoms with E-state index < -0.39 is 0 Å². The molecule has 3 aromatic rings. The van der Waals surface area contributed by atoms with Crippen LogP contribution in [0.4, 0.5) is 0 Å². The van der Waals surface area contributed by atoms with E-state index in [1.165, 1.54) is 19.9 Å². The van der Waals surface area contributed by atoms with E-state index in [1.807, 2.05) is 54.6 Å². The van der Waals surface area contributed by atoms with Gasteiger partial charge in [0.25, 0.3) is 0 Å². The Bertz CT molecular complexity index is 788. The molecule has 1 radical (unpaired) electrons. The number of carbonyl (C=O) groups excluding carboxylic acids is 1. The second kappa shape index (κ2) is 11.1. The topological polar surface area (TPSA) is 63.1 Å². The minimum absolute atomic E-state index is 0. The number of aliphatic hydroxyl groups excluding tert-OH is 1. The fourth-order valence-electron chi connectivity index (χ4n) is 2.18. The summed E-state index contributed by atoms with van der Waals surface area (Å²) in [5.74, 6) is -0.0625. The van der Waals surface area contributed by atoms with Gasteiger partial charge < -0.3 is 10.1 Å². The number of rotatable bonds is 3. The summed E-state index contributed by atoms with van der Waals surface area (Å²) in [7, 11) is 0. The Hall–Kier alpha value is -2.62. The summed E-state index contributed by atoms with van der Waals surface area (Å²) in [4.78, 5) is 18.9. The van der Waals surface area contributed by atoms with Gasteiger partial charge >= 0.3 is 0 Å². The predicted octanol–water partition coefficient (Wildman–Crippen LogP) is 4.65. The first-order valence-corrected chi connectivity index (χ1v) is 7.79. The van der Waals surface area contributed by atoms with Gasteiger partial charge in [0.05, 0.1) is 11.5 Å². The summed E-state index contributed by atoms with van der Waals surface area (Å²) in [6.45, 7) is 2.85. The third-order valence-corrected chi connectivity index (χ3v) is 3.12. The van der Waals surface area contributed by atoms with Gasteiger partial charge in [-0.2, -0.15) is 0 Å². The SMILES string of the molecule is CC(=O)/C=C(/C)O.[Ir].[c-]1ccccc1-c1nccnc1-c1ccccc1. The number of hydrogen-bond acceptors (Lipinski definition) is 4. The molecule has 1 N–H and O–H groups in total. The average molecular weight is 524 g/mol. The Morgan fingerprint density at radius 2 is 1.58 bits per heavy atom. The smallest absolute Gasteiger partial charge is 0.155 e. The van der Waals surface area contributed by atoms with E-state index in [4.69, 9.17) is 5.11 Å². The van der Waals surface area contributed by atoms with Crippen LogP contribution in [0.1, 0.15) is 13.8 Å². The molecule has 0 saturated carbocycles. The summed E-state index contributed by atoms with van der Waals surface area (Å²) in [5, 5.41) is 8.36. The van der Waals surface area contributed by atoms with Gasteiger partial charge in [0, 0.05) is 44.3 Å². The first-order chi connectivity index (χ1) is 12.1. The van der Waals surface area contributed by atoms with Crippen molar-refractivity contribution < 1.29 is 30.0 Å². The Morgan fingerprint density at radius 3 is 2.08 bits per heavy atom. The number of ketones is 1. The molecule has 0 aliphatic heterocycles. The number of benzene rings is 2. The molecular formula is C21H19IrN2O2-. The molecule has 1 aromatic heterocycles. The molecule has 0 saturated heterocycles. The Balaban J connectivity index is 0.000000366. The van der Waals surface area contributed by atoms with Gasteiger partial charge in [-0.25, -0.2) is 0 Å². The van der Waals surface area contributed by atoms with Crippen molar-refractivity contribution >= 4 is 5.78 Å². The monoisotopic (exact) mass is 524 g/mol. The third-order valence-electron chi connectivity index (χ3n) is 3.12. The summed E-state index contributed by atoms with van der Waals surface area (Å²) in [6, 6.07) is 21.1. The van der Waals surface area contributed by atoms with Crippen LogP contribution in [0.2, 0.25) is 0 Å². The number of aliphatic hydroxyl groups is 1. The van der Waals surface area contributed by atoms with E-state index in [1.54, 1.807) is 12.4 Å². The molecule has 0 spiro atoms. The molecule has 3 rings (SSSR count). The second-order valence-electron chi connectivity index (χ2n) is 5.29. The number of aromatic nitrogens is 2. The van der Waals surface area contributed by atoms with Gasteiger partial charge in [-0.15, -0.1) is 35.9 Å². The van der Waals surface area contributed by atoms with Crippen LogP contribution in [0.3, 0.4) is 0 Å². The maximum absolute atomic E-state index is 10.0. The largest absolute Gasteiger partial charge is 0.512 e. The Kier molecular flexibility index (Phi) is 9.13. The zero-order valence-corrected chi connectivity index (χ0v) is 16.9. The maximum atomic E-state index is 10.0. The van der Waals surface area contributed by atoms with E-state index in [-0.39, 0.29) is 31.6 Å². The first kappa shape index (κ1) is 21.4. The van der Waals surface area contributed by atoms with Crippen molar-refractivity contribution in [3.8, 4) is 22.5 Å². The minimum atomic E-state index is -0.125. The van der Waals surface area contributed by atoms with Gasteiger partial charge in [0.15, 0.2) is 5.78 Å². The van der Waals surface area contributed by atoms with Gasteiger partial charge in [0.1, 0.15) is 0 Å². The standard InChI is InChI=1S/C16H11N2.C5H8O2.Ir/c1-3-7-13(8-4-1)15-16(18-12-11-17-15)14-9-5-2-6-10-14;1-4(6)3-5(2)7;/h1-9,11-12H;3,6H,1-2H3;/q-1;;/b;4-3-;. The van der Waals surface area contributed by atoms with Crippen LogP contribution in [0.25, 0.3) is 22.5 Å². The molecule has 1 heterocycles. The number of carbonyl (C=O) groups is 1. The summed E-state index contributed by atoms with van der Waals surface area (Å²) in [6.07, 6.45) is 4.59. The van der Waals surface area contributed by atoms with E-state index in [2.05, 4.69) is 16.0 Å². The second-order valence-corrected chi connectivity index (χ2v) is 5.29. The van der Waals surface area contributed by atoms with Gasteiger partial charge in [-0.05, 0) is 19.4 Å². The van der Waals surface area contributed by atoms with Gasteiger partial charge in [-0.1, -0.05) is 30.3 Å². The molecule has 0 aliphatic carbocycles. The zero-order chi connectivity index (χ0) is 18.1. The molecule has 0 bridgehead atoms. The minimum Gasteiger partial charge on any atom is -0.512 e. The third kappa shape index (κ3) is 6.71. The molecule has 5 heteroatoms. The summed E-state index contributed by atoms with van der Waals surface area (Å²) >= 11 is 0. The quantitative estimate of drug-likeness (QED) is 0.309. The molecule has 26 heavy (non-hydrogen) atoms.